The molecule has 0 unspecified atom stereocenters. The summed E-state index contributed by atoms with van der Waals surface area (Å²) in [5, 5.41) is 49.5. The molecule has 21 heterocycles. The van der Waals surface area contributed by atoms with E-state index in [0.29, 0.717) is 0 Å². The zero-order valence-corrected chi connectivity index (χ0v) is 56.6. The summed E-state index contributed by atoms with van der Waals surface area (Å²) in [4.78, 5) is 0. The van der Waals surface area contributed by atoms with E-state index in [0.717, 1.165) is 0 Å². The third-order valence-electron chi connectivity index (χ3n) is 18.3. The van der Waals surface area contributed by atoms with Crippen molar-refractivity contribution in [1.82, 2.24) is 0 Å². The molecule has 0 spiro atoms. The van der Waals surface area contributed by atoms with Crippen molar-refractivity contribution in [3.8, 4) is 0 Å². The van der Waals surface area contributed by atoms with Gasteiger partial charge in [-0.15, -0.1) is 0 Å². The zero-order chi connectivity index (χ0) is 68.1. The molecular weight excluding hydrogens is 1270 g/mol. The van der Waals surface area contributed by atoms with E-state index in [-0.39, 0.29) is 46.2 Å². The van der Waals surface area contributed by atoms with E-state index in [1.165, 1.54) is 121 Å². The number of rotatable bonds is 24. The second-order valence-electron chi connectivity index (χ2n) is 23.7. The molecule has 0 amide bonds. The summed E-state index contributed by atoms with van der Waals surface area (Å²) in [6.07, 6.45) is -43.5. The number of hydrogen-bond donors (Lipinski definition) is 4. The van der Waals surface area contributed by atoms with E-state index >= 15 is 0 Å². The minimum absolute atomic E-state index is 0.0956. The van der Waals surface area contributed by atoms with E-state index in [9.17, 15) is 20.4 Å². The van der Waals surface area contributed by atoms with Gasteiger partial charge in [0.15, 0.2) is 44.0 Å². The van der Waals surface area contributed by atoms with E-state index < -0.39 is 215 Å². The molecule has 35 atom stereocenters. The number of methoxy groups -OCH3 is 17. The first-order valence-electron chi connectivity index (χ1n) is 31.1. The molecule has 4 N–H and O–H groups in total. The van der Waals surface area contributed by atoms with Gasteiger partial charge in [-0.2, -0.15) is 0 Å². The minimum Gasteiger partial charge on any atom is -0.387 e. The van der Waals surface area contributed by atoms with Crippen LogP contribution in [0.1, 0.15) is 0 Å². The Morgan fingerprint density at radius 3 is 0.553 bits per heavy atom. The van der Waals surface area contributed by atoms with Crippen LogP contribution in [0.2, 0.25) is 0 Å². The summed E-state index contributed by atoms with van der Waals surface area (Å²) in [5.74, 6) is 0. The smallest absolute Gasteiger partial charge is 0.187 e. The van der Waals surface area contributed by atoms with Crippen molar-refractivity contribution in [3.63, 3.8) is 0 Å². The number of ether oxygens (including phenoxy) is 31. The van der Waals surface area contributed by atoms with Crippen LogP contribution < -0.4 is 0 Å². The van der Waals surface area contributed by atoms with Crippen LogP contribution in [0, 0.1) is 0 Å². The van der Waals surface area contributed by atoms with E-state index in [4.69, 9.17) is 147 Å². The van der Waals surface area contributed by atoms with Gasteiger partial charge in [0, 0.05) is 121 Å². The van der Waals surface area contributed by atoms with Crippen LogP contribution in [-0.4, -0.2) is 402 Å². The third kappa shape index (κ3) is 16.9. The number of hydrogen-bond acceptors (Lipinski definition) is 35. The predicted molar refractivity (Wildman–Crippen MR) is 310 cm³/mol. The van der Waals surface area contributed by atoms with Gasteiger partial charge in [-0.3, -0.25) is 0 Å². The molecule has 21 rings (SSSR count). The highest BCUT2D eigenvalue weighted by Gasteiger charge is 2.61. The molecule has 21 saturated heterocycles. The lowest BCUT2D eigenvalue weighted by Crippen LogP contribution is -2.69. The van der Waals surface area contributed by atoms with Crippen molar-refractivity contribution in [1.29, 1.82) is 0 Å². The van der Waals surface area contributed by atoms with E-state index in [1.54, 1.807) is 0 Å². The Labute approximate surface area is 548 Å². The van der Waals surface area contributed by atoms with Gasteiger partial charge >= 0.3 is 0 Å². The fourth-order valence-electron chi connectivity index (χ4n) is 13.9. The normalized spacial score (nSPS) is 47.5. The summed E-state index contributed by atoms with van der Waals surface area (Å²) in [6.45, 7) is -0.977. The fourth-order valence-corrected chi connectivity index (χ4v) is 13.9. The Morgan fingerprint density at radius 2 is 0.351 bits per heavy atom. The molecule has 0 aromatic heterocycles. The van der Waals surface area contributed by atoms with Crippen LogP contribution in [0.3, 0.4) is 0 Å². The molecule has 94 heavy (non-hydrogen) atoms. The third-order valence-corrected chi connectivity index (χ3v) is 18.3. The van der Waals surface area contributed by atoms with Crippen molar-refractivity contribution in [3.05, 3.63) is 0 Å². The van der Waals surface area contributed by atoms with Gasteiger partial charge in [-0.05, 0) is 0 Å². The molecule has 0 saturated carbocycles. The molecule has 35 heteroatoms. The van der Waals surface area contributed by atoms with E-state index in [2.05, 4.69) is 0 Å². The number of aliphatic hydroxyl groups excluding tert-OH is 4. The Bertz CT molecular complexity index is 2130. The van der Waals surface area contributed by atoms with Crippen LogP contribution in [0.15, 0.2) is 0 Å². The molecule has 550 valence electrons. The highest BCUT2D eigenvalue weighted by atomic mass is 16.8. The average Bonchev–Trinajstić information content (AvgIpc) is 0.776. The first-order valence-corrected chi connectivity index (χ1v) is 31.1. The lowest BCUT2D eigenvalue weighted by molar-refractivity contribution is -0.401. The van der Waals surface area contributed by atoms with Crippen molar-refractivity contribution >= 4 is 0 Å². The maximum Gasteiger partial charge on any atom is 0.187 e. The minimum atomic E-state index is -1.64. The van der Waals surface area contributed by atoms with Crippen LogP contribution in [-0.2, 0) is 147 Å². The highest BCUT2D eigenvalue weighted by molar-refractivity contribution is 5.04. The molecule has 14 bridgehead atoms. The molecule has 21 aliphatic rings. The van der Waals surface area contributed by atoms with Crippen LogP contribution in [0.4, 0.5) is 0 Å². The maximum absolute atomic E-state index is 12.5. The van der Waals surface area contributed by atoms with Gasteiger partial charge in [-0.1, -0.05) is 0 Å². The average molecular weight is 1370 g/mol. The Hall–Kier alpha value is -1.40. The van der Waals surface area contributed by atoms with Crippen LogP contribution in [0.25, 0.3) is 0 Å². The SMILES string of the molecule is COC[C@@H]1O[C@@H]2O[C@H]3[C@H](OC)[C@@H](OC)[C@@H](O[C@H]4[C@@H](OC)[C@@H](OC)[C@@H](O[C@H]5[C@@H](OC)[C@H](O)[C@@H](O[C@H]6[C@@H](O)[C@H](OC)[C@@H](O[C@H]7[C@H](OC)[C@@H](OC)[C@@H](O[C@H]8[C@H](OC)[C@@H](O)[C@@H](O[C@H]1[C@H](O)[C@H]2OC)O[C@H]8COC)O[C@@H]7COC)O[C@@H]6COC)O[C@@H]5COC)O[C@@H]4COC)O[C@H]3COC. The second kappa shape index (κ2) is 37.5. The highest BCUT2D eigenvalue weighted by Crippen LogP contribution is 2.42. The molecule has 0 aromatic rings. The van der Waals surface area contributed by atoms with Crippen LogP contribution in [0.5, 0.6) is 0 Å². The molecule has 0 aromatic carbocycles. The molecule has 35 nitrogen and oxygen atoms in total. The van der Waals surface area contributed by atoms with Gasteiger partial charge in [0.2, 0.25) is 0 Å². The lowest BCUT2D eigenvalue weighted by Gasteiger charge is -2.52. The summed E-state index contributed by atoms with van der Waals surface area (Å²) < 4.78 is 194. The summed E-state index contributed by atoms with van der Waals surface area (Å²) in [7, 11) is 24.2. The molecule has 21 fully saturated rings. The fraction of sp³-hybridized carbons (Fsp3) is 1.00. The van der Waals surface area contributed by atoms with Crippen molar-refractivity contribution in [2.75, 3.05) is 167 Å². The molecule has 0 aliphatic carbocycles. The van der Waals surface area contributed by atoms with Crippen molar-refractivity contribution < 1.29 is 167 Å². The van der Waals surface area contributed by atoms with E-state index in [1.807, 2.05) is 0 Å². The molecule has 21 aliphatic heterocycles. The Kier molecular flexibility index (Phi) is 31.2. The Balaban J connectivity index is 1.20. The molecule has 0 radical (unpaired) electrons. The van der Waals surface area contributed by atoms with Crippen molar-refractivity contribution in [2.24, 2.45) is 0 Å². The first-order chi connectivity index (χ1) is 45.5. The van der Waals surface area contributed by atoms with Gasteiger partial charge in [0.1, 0.15) is 171 Å². The van der Waals surface area contributed by atoms with Gasteiger partial charge < -0.3 is 167 Å². The zero-order valence-electron chi connectivity index (χ0n) is 56.6. The summed E-state index contributed by atoms with van der Waals surface area (Å²) >= 11 is 0. The standard InChI is InChI=1S/C59H104O35/c1-64-18-25-36-32(60)45(73-10)55(83-25)92-40-29(22-68-5)85-57(50(78-15)47(40)75-12)90-38-27(20-66-3)81-53(34(62)43(38)71-8)89-37-26(19-65-2)84-56(46(74-11)33(37)61)93-41-30(23-69-6)87-59(52(80-17)48(41)76-13)94-42-31(24-70-7)86-58(51(79-16)49(42)77-14)91-39-28(21-67-4)82-54(88-36)35(63)44(39)72-9/h25-63H,18-24H2,1-17H3/t25-,26+,27+,28-,29-,30+,31-,32-,33+,34-,35+,36-,37-,38-,39-,40-,41-,42-,43-,44+,45+,46-,47+,48+,49-,50-,51-,52-,53-,54-,55-,56-,57-,58-,59-/m1/s1. The van der Waals surface area contributed by atoms with Crippen molar-refractivity contribution in [2.45, 2.75) is 215 Å². The van der Waals surface area contributed by atoms with Gasteiger partial charge in [-0.25, -0.2) is 0 Å². The predicted octanol–water partition coefficient (Wildman–Crippen LogP) is -4.11. The van der Waals surface area contributed by atoms with Gasteiger partial charge in [0.05, 0.1) is 46.2 Å². The monoisotopic (exact) mass is 1370 g/mol. The molecular formula is C59H104O35. The van der Waals surface area contributed by atoms with Crippen LogP contribution >= 0.6 is 0 Å². The Morgan fingerprint density at radius 1 is 0.181 bits per heavy atom. The second-order valence-corrected chi connectivity index (χ2v) is 23.7. The topological polar surface area (TPSA) is 367 Å². The summed E-state index contributed by atoms with van der Waals surface area (Å²) in [5.41, 5.74) is 0. The number of aliphatic hydroxyl groups is 4. The quantitative estimate of drug-likeness (QED) is 0.0713. The first kappa shape index (κ1) is 78.3. The lowest BCUT2D eigenvalue weighted by atomic mass is 9.94. The largest absolute Gasteiger partial charge is 0.387 e. The summed E-state index contributed by atoms with van der Waals surface area (Å²) in [6, 6.07) is 0. The maximum atomic E-state index is 12.5. The van der Waals surface area contributed by atoms with Gasteiger partial charge in [0.25, 0.3) is 0 Å².